The Labute approximate surface area is 232 Å². The molecule has 1 fully saturated rings. The van der Waals surface area contributed by atoms with E-state index < -0.39 is 34.6 Å². The average Bonchev–Trinajstić information content (AvgIpc) is 3.37. The van der Waals surface area contributed by atoms with Crippen LogP contribution >= 0.6 is 0 Å². The van der Waals surface area contributed by atoms with E-state index in [0.29, 0.717) is 39.4 Å². The molecule has 7 heteroatoms. The van der Waals surface area contributed by atoms with Crippen molar-refractivity contribution in [3.63, 3.8) is 0 Å². The number of hydrogen-bond acceptors (Lipinski definition) is 6. The Hall–Kier alpha value is -4.26. The van der Waals surface area contributed by atoms with Crippen LogP contribution in [0.3, 0.4) is 0 Å². The fraction of sp³-hybridized carbons (Fsp3) is 0.303. The third kappa shape index (κ3) is 3.36. The van der Waals surface area contributed by atoms with Gasteiger partial charge in [-0.15, -0.1) is 0 Å². The lowest BCUT2D eigenvalue weighted by molar-refractivity contribution is -0.127. The summed E-state index contributed by atoms with van der Waals surface area (Å²) >= 11 is 0. The number of hydrogen-bond donors (Lipinski definition) is 0. The first-order valence-electron chi connectivity index (χ1n) is 13.3. The van der Waals surface area contributed by atoms with Crippen LogP contribution in [0, 0.1) is 16.6 Å². The summed E-state index contributed by atoms with van der Waals surface area (Å²) in [5, 5.41) is 0. The second-order valence-corrected chi connectivity index (χ2v) is 11.6. The van der Waals surface area contributed by atoms with Crippen molar-refractivity contribution in [2.24, 2.45) is 10.8 Å². The summed E-state index contributed by atoms with van der Waals surface area (Å²) in [4.78, 5) is 45.8. The molecule has 2 heterocycles. The fourth-order valence-corrected chi connectivity index (χ4v) is 6.82. The quantitative estimate of drug-likeness (QED) is 0.385. The Balaban J connectivity index is 1.74. The molecule has 0 unspecified atom stereocenters. The van der Waals surface area contributed by atoms with Crippen molar-refractivity contribution in [3.8, 4) is 11.5 Å². The second-order valence-electron chi connectivity index (χ2n) is 11.6. The highest BCUT2D eigenvalue weighted by molar-refractivity contribution is 6.32. The van der Waals surface area contributed by atoms with Crippen molar-refractivity contribution in [2.75, 3.05) is 19.1 Å². The molecule has 6 nitrogen and oxygen atoms in total. The maximum atomic E-state index is 14.7. The Morgan fingerprint density at radius 2 is 1.60 bits per heavy atom. The number of Topliss-reactive ketones (excluding diaryl/α,β-unsaturated/α-hetero) is 3. The summed E-state index contributed by atoms with van der Waals surface area (Å²) in [6, 6.07) is 14.7. The van der Waals surface area contributed by atoms with Crippen LogP contribution in [-0.4, -0.2) is 43.7 Å². The molecule has 0 aromatic heterocycles. The molecule has 204 valence electrons. The molecule has 0 N–H and O–H groups in total. The van der Waals surface area contributed by atoms with Gasteiger partial charge in [-0.2, -0.15) is 0 Å². The Kier molecular flexibility index (Phi) is 5.77. The summed E-state index contributed by atoms with van der Waals surface area (Å²) in [6.07, 6.45) is 3.52. The molecule has 0 radical (unpaired) electrons. The highest BCUT2D eigenvalue weighted by Crippen LogP contribution is 2.62. The van der Waals surface area contributed by atoms with Crippen LogP contribution in [0.25, 0.3) is 6.08 Å². The van der Waals surface area contributed by atoms with E-state index in [4.69, 9.17) is 9.47 Å². The zero-order valence-corrected chi connectivity index (χ0v) is 23.0. The van der Waals surface area contributed by atoms with Gasteiger partial charge in [0, 0.05) is 39.3 Å². The van der Waals surface area contributed by atoms with Crippen molar-refractivity contribution in [3.05, 3.63) is 94.8 Å². The van der Waals surface area contributed by atoms with Gasteiger partial charge in [0.25, 0.3) is 0 Å². The van der Waals surface area contributed by atoms with Gasteiger partial charge in [-0.3, -0.25) is 14.4 Å². The fourth-order valence-electron chi connectivity index (χ4n) is 6.82. The van der Waals surface area contributed by atoms with E-state index in [1.54, 1.807) is 60.7 Å². The van der Waals surface area contributed by atoms with Crippen molar-refractivity contribution >= 4 is 29.1 Å². The van der Waals surface area contributed by atoms with E-state index >= 15 is 0 Å². The van der Waals surface area contributed by atoms with Crippen molar-refractivity contribution in [1.29, 1.82) is 0 Å². The van der Waals surface area contributed by atoms with Crippen LogP contribution in [0.15, 0.2) is 66.7 Å². The molecule has 6 rings (SSSR count). The third-order valence-corrected chi connectivity index (χ3v) is 8.55. The minimum atomic E-state index is -1.67. The first-order chi connectivity index (χ1) is 19.0. The van der Waals surface area contributed by atoms with Crippen LogP contribution in [0.4, 0.5) is 10.1 Å². The number of anilines is 1. The van der Waals surface area contributed by atoms with Crippen molar-refractivity contribution in [2.45, 2.75) is 38.8 Å². The molecule has 3 aromatic carbocycles. The first-order valence-corrected chi connectivity index (χ1v) is 13.3. The molecule has 2 aliphatic heterocycles. The Bertz CT molecular complexity index is 1580. The largest absolute Gasteiger partial charge is 0.497 e. The van der Waals surface area contributed by atoms with Gasteiger partial charge >= 0.3 is 0 Å². The molecule has 3 aliphatic rings. The predicted octanol–water partition coefficient (Wildman–Crippen LogP) is 5.89. The number of halogens is 1. The summed E-state index contributed by atoms with van der Waals surface area (Å²) in [5.41, 5.74) is -0.126. The van der Waals surface area contributed by atoms with Gasteiger partial charge < -0.3 is 14.4 Å². The number of fused-ring (bicyclic) bond motifs is 5. The monoisotopic (exact) mass is 539 g/mol. The number of rotatable bonds is 4. The molecule has 3 aromatic rings. The van der Waals surface area contributed by atoms with Gasteiger partial charge in [-0.1, -0.05) is 57.2 Å². The molecule has 40 heavy (non-hydrogen) atoms. The molecule has 1 saturated heterocycles. The lowest BCUT2D eigenvalue weighted by Crippen LogP contribution is -2.49. The average molecular weight is 540 g/mol. The van der Waals surface area contributed by atoms with Gasteiger partial charge in [-0.05, 0) is 36.4 Å². The van der Waals surface area contributed by atoms with Crippen LogP contribution in [0.2, 0.25) is 0 Å². The minimum Gasteiger partial charge on any atom is -0.497 e. The summed E-state index contributed by atoms with van der Waals surface area (Å²) < 4.78 is 25.7. The number of methoxy groups -OCH3 is 2. The van der Waals surface area contributed by atoms with Gasteiger partial charge in [0.2, 0.25) is 0 Å². The number of nitrogens with zero attached hydrogens (tertiary/aromatic N) is 1. The van der Waals surface area contributed by atoms with E-state index in [-0.39, 0.29) is 17.3 Å². The van der Waals surface area contributed by atoms with Gasteiger partial charge in [-0.25, -0.2) is 4.39 Å². The van der Waals surface area contributed by atoms with Crippen LogP contribution < -0.4 is 14.4 Å². The molecule has 0 saturated carbocycles. The summed E-state index contributed by atoms with van der Waals surface area (Å²) in [7, 11) is 3.05. The smallest absolute Gasteiger partial charge is 0.180 e. The van der Waals surface area contributed by atoms with Crippen LogP contribution in [0.5, 0.6) is 11.5 Å². The van der Waals surface area contributed by atoms with Gasteiger partial charge in [0.15, 0.2) is 17.3 Å². The third-order valence-electron chi connectivity index (χ3n) is 8.55. The van der Waals surface area contributed by atoms with Gasteiger partial charge in [0.1, 0.15) is 22.7 Å². The Morgan fingerprint density at radius 1 is 0.925 bits per heavy atom. The van der Waals surface area contributed by atoms with Crippen molar-refractivity contribution in [1.82, 2.24) is 0 Å². The SMILES string of the molecule is COc1ccc(OC)c([C@H]2[C@H](C(=O)C(C)(C)C)N3c4ccc(F)cc4C=C[C@H]3C23C(=O)c2ccccc2C3=O)c1. The molecule has 1 spiro atoms. The van der Waals surface area contributed by atoms with E-state index in [9.17, 15) is 18.8 Å². The number of carbonyl (C=O) groups excluding carboxylic acids is 3. The Morgan fingerprint density at radius 3 is 2.20 bits per heavy atom. The standard InChI is InChI=1S/C33H30FNO5/c1-32(2,3)31(38)28-27(23-17-20(39-4)12-14-25(23)40-5)33(29(36)21-8-6-7-9-22(21)30(33)37)26-15-10-18-16-19(34)11-13-24(18)35(26)28/h6-17,26-28H,1-5H3/t26-,27-,28+/m0/s1. The minimum absolute atomic E-state index is 0.147. The molecule has 3 atom stereocenters. The molecule has 0 amide bonds. The van der Waals surface area contributed by atoms with Gasteiger partial charge in [0.05, 0.1) is 26.3 Å². The number of carbonyl (C=O) groups is 3. The highest BCUT2D eigenvalue weighted by atomic mass is 19.1. The zero-order valence-electron chi connectivity index (χ0n) is 23.0. The van der Waals surface area contributed by atoms with E-state index in [1.807, 2.05) is 25.7 Å². The van der Waals surface area contributed by atoms with E-state index in [1.165, 1.54) is 26.4 Å². The first kappa shape index (κ1) is 26.0. The molecule has 1 aliphatic carbocycles. The van der Waals surface area contributed by atoms with E-state index in [0.717, 1.165) is 0 Å². The maximum absolute atomic E-state index is 14.7. The number of ether oxygens (including phenoxy) is 2. The highest BCUT2D eigenvalue weighted by Gasteiger charge is 2.72. The maximum Gasteiger partial charge on any atom is 0.180 e. The topological polar surface area (TPSA) is 72.9 Å². The van der Waals surface area contributed by atoms with Crippen molar-refractivity contribution < 1.29 is 28.2 Å². The summed E-state index contributed by atoms with van der Waals surface area (Å²) in [5.74, 6) is -1.22. The van der Waals surface area contributed by atoms with Crippen LogP contribution in [0.1, 0.15) is 58.5 Å². The molecular weight excluding hydrogens is 509 g/mol. The number of ketones is 3. The van der Waals surface area contributed by atoms with Crippen LogP contribution in [-0.2, 0) is 4.79 Å². The second kappa shape index (κ2) is 8.88. The normalized spacial score (nSPS) is 22.2. The predicted molar refractivity (Wildman–Crippen MR) is 150 cm³/mol. The lowest BCUT2D eigenvalue weighted by atomic mass is 9.63. The summed E-state index contributed by atoms with van der Waals surface area (Å²) in [6.45, 7) is 5.48. The van der Waals surface area contributed by atoms with E-state index in [2.05, 4.69) is 0 Å². The molecule has 0 bridgehead atoms. The zero-order chi connectivity index (χ0) is 28.6. The lowest BCUT2D eigenvalue weighted by Gasteiger charge is -2.38. The number of benzene rings is 3. The molecular formula is C33H30FNO5.